The van der Waals surface area contributed by atoms with E-state index >= 15 is 0 Å². The van der Waals surface area contributed by atoms with E-state index in [0.29, 0.717) is 5.56 Å². The minimum atomic E-state index is -3.29. The van der Waals surface area contributed by atoms with Crippen LogP contribution in [0.5, 0.6) is 0 Å². The molecule has 0 saturated carbocycles. The number of aliphatic hydroxyl groups is 1. The second-order valence-electron chi connectivity index (χ2n) is 4.98. The summed E-state index contributed by atoms with van der Waals surface area (Å²) < 4.78 is 35.5. The molecule has 1 aliphatic heterocycles. The molecule has 1 heterocycles. The molecule has 20 heavy (non-hydrogen) atoms. The first-order chi connectivity index (χ1) is 9.42. The number of sulfone groups is 1. The minimum absolute atomic E-state index is 0.0249. The Morgan fingerprint density at radius 1 is 1.40 bits per heavy atom. The van der Waals surface area contributed by atoms with Gasteiger partial charge in [0.05, 0.1) is 13.2 Å². The monoisotopic (exact) mass is 300 g/mol. The summed E-state index contributed by atoms with van der Waals surface area (Å²) in [4.78, 5) is 0. The third-order valence-electron chi connectivity index (χ3n) is 3.47. The predicted molar refractivity (Wildman–Crippen MR) is 75.1 cm³/mol. The standard InChI is InChI=1S/C14H20O5S/c1-3-20(16,17)10-14(18-9-12(8-15)19-14)13-7-5-4-6-11(13)2/h4-7,12,15H,3,8-10H2,1-2H3/t12-,14+/m0/s1. The van der Waals surface area contributed by atoms with Gasteiger partial charge in [-0.2, -0.15) is 0 Å². The molecule has 1 aromatic carbocycles. The molecular weight excluding hydrogens is 280 g/mol. The van der Waals surface area contributed by atoms with Gasteiger partial charge in [0.2, 0.25) is 5.79 Å². The molecule has 0 aromatic heterocycles. The SMILES string of the molecule is CCS(=O)(=O)C[C@@]1(c2ccccc2C)OC[C@H](CO)O1. The van der Waals surface area contributed by atoms with Gasteiger partial charge in [-0.05, 0) is 12.5 Å². The molecule has 0 radical (unpaired) electrons. The Kier molecular flexibility index (Phi) is 4.49. The number of aryl methyl sites for hydroxylation is 1. The molecule has 0 unspecified atom stereocenters. The van der Waals surface area contributed by atoms with Gasteiger partial charge >= 0.3 is 0 Å². The smallest absolute Gasteiger partial charge is 0.209 e. The molecule has 0 bridgehead atoms. The van der Waals surface area contributed by atoms with Crippen molar-refractivity contribution in [2.24, 2.45) is 0 Å². The van der Waals surface area contributed by atoms with Gasteiger partial charge in [-0.1, -0.05) is 31.2 Å². The number of hydrogen-bond donors (Lipinski definition) is 1. The van der Waals surface area contributed by atoms with Crippen molar-refractivity contribution in [1.82, 2.24) is 0 Å². The molecule has 112 valence electrons. The van der Waals surface area contributed by atoms with E-state index in [9.17, 15) is 13.5 Å². The molecule has 1 fully saturated rings. The second kappa shape index (κ2) is 5.81. The lowest BCUT2D eigenvalue weighted by Gasteiger charge is -2.29. The van der Waals surface area contributed by atoms with Crippen LogP contribution in [0.15, 0.2) is 24.3 Å². The van der Waals surface area contributed by atoms with Crippen molar-refractivity contribution in [3.8, 4) is 0 Å². The molecule has 6 heteroatoms. The van der Waals surface area contributed by atoms with Crippen molar-refractivity contribution >= 4 is 9.84 Å². The molecular formula is C14H20O5S. The molecule has 1 aromatic rings. The van der Waals surface area contributed by atoms with E-state index in [1.54, 1.807) is 13.0 Å². The van der Waals surface area contributed by atoms with Gasteiger partial charge in [0.15, 0.2) is 9.84 Å². The van der Waals surface area contributed by atoms with Crippen LogP contribution >= 0.6 is 0 Å². The minimum Gasteiger partial charge on any atom is -0.394 e. The molecule has 1 aliphatic rings. The number of rotatable bonds is 5. The zero-order chi connectivity index (χ0) is 14.8. The van der Waals surface area contributed by atoms with Gasteiger partial charge in [-0.25, -0.2) is 8.42 Å². The van der Waals surface area contributed by atoms with Crippen LogP contribution in [0.3, 0.4) is 0 Å². The molecule has 5 nitrogen and oxygen atoms in total. The van der Waals surface area contributed by atoms with E-state index in [1.807, 2.05) is 25.1 Å². The Labute approximate surface area is 119 Å². The van der Waals surface area contributed by atoms with Crippen molar-refractivity contribution in [1.29, 1.82) is 0 Å². The zero-order valence-corrected chi connectivity index (χ0v) is 12.5. The number of aliphatic hydroxyl groups excluding tert-OH is 1. The van der Waals surface area contributed by atoms with Gasteiger partial charge in [-0.3, -0.25) is 0 Å². The van der Waals surface area contributed by atoms with Crippen LogP contribution in [0.1, 0.15) is 18.1 Å². The lowest BCUT2D eigenvalue weighted by Crippen LogP contribution is -2.38. The molecule has 0 aliphatic carbocycles. The fourth-order valence-electron chi connectivity index (χ4n) is 2.34. The van der Waals surface area contributed by atoms with E-state index in [4.69, 9.17) is 9.47 Å². The van der Waals surface area contributed by atoms with Crippen LogP contribution in [-0.4, -0.2) is 44.3 Å². The lowest BCUT2D eigenvalue weighted by atomic mass is 10.0. The predicted octanol–water partition coefficient (Wildman–Crippen LogP) is 0.990. The maximum absolute atomic E-state index is 12.0. The maximum Gasteiger partial charge on any atom is 0.209 e. The average molecular weight is 300 g/mol. The summed E-state index contributed by atoms with van der Waals surface area (Å²) in [6.45, 7) is 3.47. The highest BCUT2D eigenvalue weighted by Gasteiger charge is 2.46. The molecule has 2 rings (SSSR count). The summed E-state index contributed by atoms with van der Waals surface area (Å²) >= 11 is 0. The Balaban J connectivity index is 2.43. The number of ether oxygens (including phenoxy) is 2. The Bertz CT molecular complexity index is 569. The highest BCUT2D eigenvalue weighted by Crippen LogP contribution is 2.37. The van der Waals surface area contributed by atoms with Crippen LogP contribution in [0, 0.1) is 6.92 Å². The second-order valence-corrected chi connectivity index (χ2v) is 7.33. The third-order valence-corrected chi connectivity index (χ3v) is 5.17. The highest BCUT2D eigenvalue weighted by molar-refractivity contribution is 7.91. The molecule has 1 N–H and O–H groups in total. The van der Waals surface area contributed by atoms with E-state index in [1.165, 1.54) is 0 Å². The Morgan fingerprint density at radius 3 is 2.65 bits per heavy atom. The number of benzene rings is 1. The first kappa shape index (κ1) is 15.4. The summed E-state index contributed by atoms with van der Waals surface area (Å²) in [6, 6.07) is 7.38. The van der Waals surface area contributed by atoms with Gasteiger partial charge in [0.25, 0.3) is 0 Å². The topological polar surface area (TPSA) is 72.8 Å². The van der Waals surface area contributed by atoms with Crippen LogP contribution in [-0.2, 0) is 25.1 Å². The van der Waals surface area contributed by atoms with Crippen LogP contribution < -0.4 is 0 Å². The van der Waals surface area contributed by atoms with Gasteiger partial charge in [-0.15, -0.1) is 0 Å². The van der Waals surface area contributed by atoms with Crippen molar-refractivity contribution in [3.63, 3.8) is 0 Å². The van der Waals surface area contributed by atoms with Crippen molar-refractivity contribution < 1.29 is 23.0 Å². The summed E-state index contributed by atoms with van der Waals surface area (Å²) in [5, 5.41) is 9.22. The Morgan fingerprint density at radius 2 is 2.10 bits per heavy atom. The zero-order valence-electron chi connectivity index (χ0n) is 11.7. The van der Waals surface area contributed by atoms with Crippen molar-refractivity contribution in [2.45, 2.75) is 25.7 Å². The summed E-state index contributed by atoms with van der Waals surface area (Å²) in [5.74, 6) is -1.53. The van der Waals surface area contributed by atoms with Gasteiger partial charge in [0.1, 0.15) is 11.9 Å². The van der Waals surface area contributed by atoms with Gasteiger partial charge < -0.3 is 14.6 Å². The fourth-order valence-corrected chi connectivity index (χ4v) is 3.43. The molecule has 2 atom stereocenters. The first-order valence-corrected chi connectivity index (χ1v) is 8.44. The first-order valence-electron chi connectivity index (χ1n) is 6.61. The number of hydrogen-bond acceptors (Lipinski definition) is 5. The average Bonchev–Trinajstić information content (AvgIpc) is 2.83. The van der Waals surface area contributed by atoms with Crippen LogP contribution in [0.25, 0.3) is 0 Å². The van der Waals surface area contributed by atoms with Crippen LogP contribution in [0.2, 0.25) is 0 Å². The van der Waals surface area contributed by atoms with E-state index in [0.717, 1.165) is 5.56 Å². The van der Waals surface area contributed by atoms with E-state index in [2.05, 4.69) is 0 Å². The normalized spacial score (nSPS) is 26.9. The molecule has 0 spiro atoms. The summed E-state index contributed by atoms with van der Waals surface area (Å²) in [7, 11) is -3.29. The van der Waals surface area contributed by atoms with Gasteiger partial charge in [0, 0.05) is 11.3 Å². The summed E-state index contributed by atoms with van der Waals surface area (Å²) in [5.41, 5.74) is 1.60. The summed E-state index contributed by atoms with van der Waals surface area (Å²) in [6.07, 6.45) is -0.498. The maximum atomic E-state index is 12.0. The highest BCUT2D eigenvalue weighted by atomic mass is 32.2. The van der Waals surface area contributed by atoms with E-state index < -0.39 is 21.7 Å². The molecule has 0 amide bonds. The van der Waals surface area contributed by atoms with Crippen molar-refractivity contribution in [3.05, 3.63) is 35.4 Å². The molecule has 1 saturated heterocycles. The van der Waals surface area contributed by atoms with Crippen LogP contribution in [0.4, 0.5) is 0 Å². The third kappa shape index (κ3) is 3.03. The quantitative estimate of drug-likeness (QED) is 0.878. The lowest BCUT2D eigenvalue weighted by molar-refractivity contribution is -0.162. The van der Waals surface area contributed by atoms with Crippen molar-refractivity contribution in [2.75, 3.05) is 24.7 Å². The largest absolute Gasteiger partial charge is 0.394 e. The van der Waals surface area contributed by atoms with E-state index in [-0.39, 0.29) is 24.7 Å². The Hall–Kier alpha value is -0.950. The fraction of sp³-hybridized carbons (Fsp3) is 0.571.